The number of ether oxygens (including phenoxy) is 1. The van der Waals surface area contributed by atoms with Gasteiger partial charge in [0.2, 0.25) is 0 Å². The molecule has 0 aromatic heterocycles. The zero-order valence-corrected chi connectivity index (χ0v) is 18.4. The van der Waals surface area contributed by atoms with Crippen molar-refractivity contribution >= 4 is 34.0 Å². The van der Waals surface area contributed by atoms with Gasteiger partial charge in [-0.25, -0.2) is 5.43 Å². The molecule has 1 unspecified atom stereocenters. The zero-order chi connectivity index (χ0) is 21.2. The van der Waals surface area contributed by atoms with Crippen LogP contribution in [0.4, 0.5) is 0 Å². The van der Waals surface area contributed by atoms with E-state index >= 15 is 0 Å². The lowest BCUT2D eigenvalue weighted by Gasteiger charge is -2.20. The van der Waals surface area contributed by atoms with E-state index in [2.05, 4.69) is 31.8 Å². The van der Waals surface area contributed by atoms with E-state index in [0.29, 0.717) is 17.9 Å². The lowest BCUT2D eigenvalue weighted by molar-refractivity contribution is -0.123. The normalized spacial score (nSPS) is 12.0. The Morgan fingerprint density at radius 1 is 1.17 bits per heavy atom. The summed E-state index contributed by atoms with van der Waals surface area (Å²) in [6, 6.07) is 13.7. The van der Waals surface area contributed by atoms with E-state index in [0.717, 1.165) is 16.5 Å². The van der Waals surface area contributed by atoms with Crippen LogP contribution in [0.25, 0.3) is 0 Å². The molecule has 0 aliphatic heterocycles. The molecular weight excluding hydrogens is 434 g/mol. The molecule has 2 aromatic rings. The van der Waals surface area contributed by atoms with Crippen LogP contribution in [0, 0.1) is 5.92 Å². The molecule has 1 atom stereocenters. The fraction of sp³-hybridized carbons (Fsp3) is 0.318. The second-order valence-electron chi connectivity index (χ2n) is 6.83. The average molecular weight is 460 g/mol. The van der Waals surface area contributed by atoms with Crippen LogP contribution in [0.1, 0.15) is 43.1 Å². The molecule has 0 heterocycles. The fourth-order valence-corrected chi connectivity index (χ4v) is 2.93. The maximum absolute atomic E-state index is 12.6. The van der Waals surface area contributed by atoms with E-state index in [1.54, 1.807) is 24.3 Å². The lowest BCUT2D eigenvalue weighted by atomic mass is 10.0. The minimum absolute atomic E-state index is 0.104. The Bertz CT molecular complexity index is 854. The number of hydrogen-bond donors (Lipinski definition) is 2. The smallest absolute Gasteiger partial charge is 0.262 e. The number of hydrazone groups is 1. The van der Waals surface area contributed by atoms with E-state index in [4.69, 9.17) is 4.74 Å². The zero-order valence-electron chi connectivity index (χ0n) is 16.8. The molecule has 29 heavy (non-hydrogen) atoms. The van der Waals surface area contributed by atoms with Crippen molar-refractivity contribution < 1.29 is 14.3 Å². The van der Waals surface area contributed by atoms with Gasteiger partial charge in [0.15, 0.2) is 0 Å². The predicted octanol–water partition coefficient (Wildman–Crippen LogP) is 4.14. The van der Waals surface area contributed by atoms with Crippen LogP contribution >= 0.6 is 15.9 Å². The van der Waals surface area contributed by atoms with Gasteiger partial charge in [0.25, 0.3) is 11.8 Å². The molecule has 0 aliphatic carbocycles. The van der Waals surface area contributed by atoms with E-state index < -0.39 is 6.04 Å². The Kier molecular flexibility index (Phi) is 8.86. The maximum atomic E-state index is 12.6. The number of carbonyl (C=O) groups excluding carboxylic acids is 2. The van der Waals surface area contributed by atoms with Crippen LogP contribution in [0.5, 0.6) is 5.75 Å². The molecule has 0 saturated carbocycles. The first-order valence-electron chi connectivity index (χ1n) is 9.53. The highest BCUT2D eigenvalue weighted by Gasteiger charge is 2.24. The van der Waals surface area contributed by atoms with Crippen molar-refractivity contribution in [1.29, 1.82) is 0 Å². The van der Waals surface area contributed by atoms with Gasteiger partial charge in [-0.15, -0.1) is 0 Å². The minimum Gasteiger partial charge on any atom is -0.493 e. The molecule has 0 fully saturated rings. The first-order valence-corrected chi connectivity index (χ1v) is 10.3. The van der Waals surface area contributed by atoms with E-state index in [-0.39, 0.29) is 17.7 Å². The van der Waals surface area contributed by atoms with E-state index in [1.807, 2.05) is 45.0 Å². The van der Waals surface area contributed by atoms with Gasteiger partial charge in [0.1, 0.15) is 11.8 Å². The molecule has 0 saturated heterocycles. The first-order chi connectivity index (χ1) is 13.9. The highest BCUT2D eigenvalue weighted by Crippen LogP contribution is 2.22. The van der Waals surface area contributed by atoms with Crippen molar-refractivity contribution in [2.75, 3.05) is 6.61 Å². The summed E-state index contributed by atoms with van der Waals surface area (Å²) in [6.07, 6.45) is 2.42. The monoisotopic (exact) mass is 459 g/mol. The SMILES string of the molecule is CCCOc1ccc(Br)cc1C=NNC(=O)C(NC(=O)c1ccccc1)C(C)C. The van der Waals surface area contributed by atoms with Crippen molar-refractivity contribution in [3.63, 3.8) is 0 Å². The van der Waals surface area contributed by atoms with Crippen LogP contribution in [0.15, 0.2) is 58.1 Å². The molecule has 2 amide bonds. The number of hydrogen-bond acceptors (Lipinski definition) is 4. The van der Waals surface area contributed by atoms with Crippen LogP contribution < -0.4 is 15.5 Å². The van der Waals surface area contributed by atoms with Crippen molar-refractivity contribution in [3.8, 4) is 5.75 Å². The molecule has 154 valence electrons. The van der Waals surface area contributed by atoms with Gasteiger partial charge in [0, 0.05) is 15.6 Å². The maximum Gasteiger partial charge on any atom is 0.262 e. The molecule has 7 heteroatoms. The summed E-state index contributed by atoms with van der Waals surface area (Å²) in [5, 5.41) is 6.83. The van der Waals surface area contributed by atoms with Gasteiger partial charge in [-0.05, 0) is 42.7 Å². The van der Waals surface area contributed by atoms with E-state index in [9.17, 15) is 9.59 Å². The van der Waals surface area contributed by atoms with Gasteiger partial charge in [0.05, 0.1) is 12.8 Å². The molecular formula is C22H26BrN3O3. The molecule has 0 bridgehead atoms. The number of benzene rings is 2. The summed E-state index contributed by atoms with van der Waals surface area (Å²) in [5.41, 5.74) is 3.76. The summed E-state index contributed by atoms with van der Waals surface area (Å²) in [7, 11) is 0. The molecule has 2 aromatic carbocycles. The van der Waals surface area contributed by atoms with Crippen molar-refractivity contribution in [3.05, 3.63) is 64.1 Å². The van der Waals surface area contributed by atoms with Crippen molar-refractivity contribution in [1.82, 2.24) is 10.7 Å². The number of halogens is 1. The van der Waals surface area contributed by atoms with Gasteiger partial charge >= 0.3 is 0 Å². The number of carbonyl (C=O) groups is 2. The first kappa shape index (κ1) is 22.6. The van der Waals surface area contributed by atoms with Crippen LogP contribution in [-0.4, -0.2) is 30.7 Å². The highest BCUT2D eigenvalue weighted by molar-refractivity contribution is 9.10. The lowest BCUT2D eigenvalue weighted by Crippen LogP contribution is -2.48. The third-order valence-corrected chi connectivity index (χ3v) is 4.58. The van der Waals surface area contributed by atoms with Gasteiger partial charge < -0.3 is 10.1 Å². The van der Waals surface area contributed by atoms with Crippen molar-refractivity contribution in [2.45, 2.75) is 33.2 Å². The molecule has 0 aliphatic rings. The molecule has 0 radical (unpaired) electrons. The van der Waals surface area contributed by atoms with Gasteiger partial charge in [-0.1, -0.05) is 54.9 Å². The van der Waals surface area contributed by atoms with Crippen LogP contribution in [0.3, 0.4) is 0 Å². The highest BCUT2D eigenvalue weighted by atomic mass is 79.9. The number of nitrogens with zero attached hydrogens (tertiary/aromatic N) is 1. The Morgan fingerprint density at radius 2 is 1.90 bits per heavy atom. The quantitative estimate of drug-likeness (QED) is 0.436. The third kappa shape index (κ3) is 7.02. The molecule has 2 N–H and O–H groups in total. The summed E-state index contributed by atoms with van der Waals surface area (Å²) >= 11 is 3.42. The second-order valence-corrected chi connectivity index (χ2v) is 7.74. The second kappa shape index (κ2) is 11.4. The molecule has 2 rings (SSSR count). The standard InChI is InChI=1S/C22H26BrN3O3/c1-4-12-29-19-11-10-18(23)13-17(19)14-24-26-22(28)20(15(2)3)25-21(27)16-8-6-5-7-9-16/h5-11,13-15,20H,4,12H2,1-3H3,(H,25,27)(H,26,28). The Morgan fingerprint density at radius 3 is 2.55 bits per heavy atom. The Hall–Kier alpha value is -2.67. The number of rotatable bonds is 9. The van der Waals surface area contributed by atoms with Gasteiger partial charge in [-0.3, -0.25) is 9.59 Å². The predicted molar refractivity (Wildman–Crippen MR) is 118 cm³/mol. The Labute approximate surface area is 179 Å². The summed E-state index contributed by atoms with van der Waals surface area (Å²) in [5.74, 6) is -0.102. The molecule has 6 nitrogen and oxygen atoms in total. The fourth-order valence-electron chi connectivity index (χ4n) is 2.55. The Balaban J connectivity index is 2.05. The summed E-state index contributed by atoms with van der Waals surface area (Å²) in [6.45, 7) is 6.35. The number of amides is 2. The average Bonchev–Trinajstić information content (AvgIpc) is 2.71. The third-order valence-electron chi connectivity index (χ3n) is 4.08. The largest absolute Gasteiger partial charge is 0.493 e. The topological polar surface area (TPSA) is 79.8 Å². The minimum atomic E-state index is -0.710. The van der Waals surface area contributed by atoms with Crippen molar-refractivity contribution in [2.24, 2.45) is 11.0 Å². The van der Waals surface area contributed by atoms with Crippen LogP contribution in [-0.2, 0) is 4.79 Å². The number of nitrogens with one attached hydrogen (secondary N) is 2. The van der Waals surface area contributed by atoms with Crippen LogP contribution in [0.2, 0.25) is 0 Å². The van der Waals surface area contributed by atoms with E-state index in [1.165, 1.54) is 6.21 Å². The van der Waals surface area contributed by atoms with Gasteiger partial charge in [-0.2, -0.15) is 5.10 Å². The summed E-state index contributed by atoms with van der Waals surface area (Å²) < 4.78 is 6.58. The molecule has 0 spiro atoms. The summed E-state index contributed by atoms with van der Waals surface area (Å²) in [4.78, 5) is 25.0.